The Kier molecular flexibility index (Phi) is 32.0. The third kappa shape index (κ3) is 20.5. The van der Waals surface area contributed by atoms with Crippen LogP contribution in [0.25, 0.3) is 0 Å². The minimum absolute atomic E-state index is 0.274. The van der Waals surface area contributed by atoms with Crippen LogP contribution in [0.4, 0.5) is 5.69 Å². The molecule has 16 rings (SSSR count). The lowest BCUT2D eigenvalue weighted by molar-refractivity contribution is 0.475. The molecule has 116 heavy (non-hydrogen) atoms. The lowest BCUT2D eigenvalue weighted by Gasteiger charge is -2.37. The quantitative estimate of drug-likeness (QED) is 0.0575. The summed E-state index contributed by atoms with van der Waals surface area (Å²) in [6.45, 7) is 2.13. The number of aryl methyl sites for hydroxylation is 1. The van der Waals surface area contributed by atoms with Gasteiger partial charge in [-0.25, -0.2) is 0 Å². The lowest BCUT2D eigenvalue weighted by atomic mass is 9.65. The second-order valence-electron chi connectivity index (χ2n) is 27.6. The number of nitrogens with two attached hydrogens (primary N) is 1. The summed E-state index contributed by atoms with van der Waals surface area (Å²) < 4.78 is 15.5. The van der Waals surface area contributed by atoms with E-state index in [1.807, 2.05) is 24.3 Å². The second kappa shape index (κ2) is 41.4. The van der Waals surface area contributed by atoms with Gasteiger partial charge in [0.15, 0.2) is 0 Å². The van der Waals surface area contributed by atoms with Crippen molar-refractivity contribution in [3.63, 3.8) is 0 Å². The van der Waals surface area contributed by atoms with Crippen molar-refractivity contribution in [2.45, 2.75) is 28.6 Å². The normalized spacial score (nSPS) is 11.4. The van der Waals surface area contributed by atoms with Crippen LogP contribution in [0.2, 0.25) is 0 Å². The average molecular weight is 2820 g/mol. The van der Waals surface area contributed by atoms with Crippen molar-refractivity contribution >= 4 is 279 Å². The minimum Gasteiger partial charge on any atom is -0.508 e. The van der Waals surface area contributed by atoms with Gasteiger partial charge >= 0.3 is 0 Å². The topological polar surface area (TPSA) is 46.2 Å². The molecule has 0 saturated heterocycles. The molecule has 0 spiro atoms. The van der Waals surface area contributed by atoms with E-state index in [4.69, 9.17) is 5.73 Å². The first kappa shape index (κ1) is 89.6. The summed E-state index contributed by atoms with van der Waals surface area (Å²) >= 11 is 34.4. The van der Waals surface area contributed by atoms with Crippen LogP contribution in [-0.4, -0.2) is 5.11 Å². The highest BCUT2D eigenvalue weighted by Crippen LogP contribution is 2.51. The summed E-state index contributed by atoms with van der Waals surface area (Å²) in [5, 5.41) is 9.94. The minimum atomic E-state index is -0.479. The smallest absolute Gasteiger partial charge is 0.115 e. The van der Waals surface area contributed by atoms with E-state index >= 15 is 0 Å². The molecule has 0 aliphatic carbocycles. The number of benzene rings is 16. The number of hydrogen-bond donors (Lipinski definition) is 2. The number of nitrogen functional groups attached to an aromatic ring is 1. The Morgan fingerprint density at radius 3 is 0.440 bits per heavy atom. The molecule has 0 unspecified atom stereocenters. The fraction of sp³-hybridized carbons (Fsp3) is 0.0495. The van der Waals surface area contributed by atoms with E-state index < -0.39 is 16.2 Å². The molecular formula is C101H70Br3I10NO. The number of hydrogen-bond acceptors (Lipinski definition) is 2. The summed E-state index contributed by atoms with van der Waals surface area (Å²) in [6, 6.07) is 139. The maximum Gasteiger partial charge on any atom is 0.115 e. The van der Waals surface area contributed by atoms with E-state index in [0.717, 1.165) is 24.7 Å². The molecule has 0 aliphatic heterocycles. The van der Waals surface area contributed by atoms with Gasteiger partial charge in [-0.05, 0) is 504 Å². The Labute approximate surface area is 842 Å². The number of rotatable bonds is 16. The van der Waals surface area contributed by atoms with E-state index in [-0.39, 0.29) is 11.2 Å². The summed E-state index contributed by atoms with van der Waals surface area (Å²) in [4.78, 5) is 0. The van der Waals surface area contributed by atoms with Crippen molar-refractivity contribution in [3.05, 3.63) is 532 Å². The molecular weight excluding hydrogens is 2750 g/mol. The molecule has 576 valence electrons. The first-order valence-corrected chi connectivity index (χ1v) is 49.8. The number of halogens is 13. The summed E-state index contributed by atoms with van der Waals surface area (Å²) in [7, 11) is 0. The predicted octanol–water partition coefficient (Wildman–Crippen LogP) is 32.2. The van der Waals surface area contributed by atoms with Crippen LogP contribution in [0.1, 0.15) is 94.6 Å². The van der Waals surface area contributed by atoms with Crippen molar-refractivity contribution in [1.82, 2.24) is 0 Å². The molecule has 0 fully saturated rings. The zero-order valence-corrected chi connectivity index (χ0v) is 88.2. The predicted molar refractivity (Wildman–Crippen MR) is 580 cm³/mol. The first-order valence-electron chi connectivity index (χ1n) is 36.6. The van der Waals surface area contributed by atoms with Gasteiger partial charge in [-0.3, -0.25) is 0 Å². The van der Waals surface area contributed by atoms with E-state index in [0.29, 0.717) is 0 Å². The van der Waals surface area contributed by atoms with Crippen LogP contribution >= 0.6 is 274 Å². The van der Waals surface area contributed by atoms with Gasteiger partial charge in [0.25, 0.3) is 0 Å². The highest BCUT2D eigenvalue weighted by molar-refractivity contribution is 14.1. The van der Waals surface area contributed by atoms with E-state index in [1.54, 1.807) is 12.1 Å². The SMILES string of the molecule is Brc1ccc(C(c2ccc(I)cc2)(c2ccc(I)cc2)c2ccc(I)cc2)cc1.Cc1ccc(C(c2ccc(Br)cc2)(c2ccc(Br)cc2)c2ccc(I)cc2)cc1.Nc1ccc(C(c2ccc(I)cc2)(c2ccc(I)cc2)c2ccc(I)cc2)cc1.Oc1ccc(C(c2ccc(I)cc2)(c2ccc(I)cc2)c2ccc(I)cc2)cc1. The van der Waals surface area contributed by atoms with Crippen LogP contribution in [0.3, 0.4) is 0 Å². The molecule has 0 saturated carbocycles. The Hall–Kier alpha value is -4.14. The molecule has 16 aromatic carbocycles. The molecule has 3 N–H and O–H groups in total. The number of anilines is 1. The maximum atomic E-state index is 9.94. The van der Waals surface area contributed by atoms with E-state index in [2.05, 4.69) is 632 Å². The molecule has 0 atom stereocenters. The van der Waals surface area contributed by atoms with Gasteiger partial charge < -0.3 is 10.8 Å². The molecule has 16 aromatic rings. The van der Waals surface area contributed by atoms with Crippen molar-refractivity contribution in [2.24, 2.45) is 0 Å². The number of phenols is 1. The maximum absolute atomic E-state index is 9.94. The van der Waals surface area contributed by atoms with Gasteiger partial charge in [0.2, 0.25) is 0 Å². The van der Waals surface area contributed by atoms with Crippen molar-refractivity contribution in [1.29, 1.82) is 0 Å². The van der Waals surface area contributed by atoms with E-state index in [1.165, 1.54) is 125 Å². The molecule has 0 bridgehead atoms. The third-order valence-electron chi connectivity index (χ3n) is 20.7. The van der Waals surface area contributed by atoms with Crippen molar-refractivity contribution in [2.75, 3.05) is 5.73 Å². The van der Waals surface area contributed by atoms with Crippen LogP contribution < -0.4 is 5.73 Å². The van der Waals surface area contributed by atoms with Crippen LogP contribution in [0, 0.1) is 42.6 Å². The first-order chi connectivity index (χ1) is 56.0. The number of aromatic hydroxyl groups is 1. The molecule has 2 nitrogen and oxygen atoms in total. The zero-order chi connectivity index (χ0) is 81.7. The van der Waals surface area contributed by atoms with Gasteiger partial charge in [0.05, 0.1) is 21.7 Å². The molecule has 0 heterocycles. The Balaban J connectivity index is 0.000000135. The Morgan fingerprint density at radius 1 is 0.181 bits per heavy atom. The Morgan fingerprint density at radius 2 is 0.293 bits per heavy atom. The van der Waals surface area contributed by atoms with E-state index in [9.17, 15) is 5.11 Å². The zero-order valence-electron chi connectivity index (χ0n) is 61.9. The molecule has 0 aromatic heterocycles. The lowest BCUT2D eigenvalue weighted by Crippen LogP contribution is -2.31. The Bertz CT molecular complexity index is 4400. The van der Waals surface area contributed by atoms with Crippen molar-refractivity contribution in [3.8, 4) is 5.75 Å². The number of phenolic OH excluding ortho intramolecular Hbond substituents is 1. The fourth-order valence-corrected chi connectivity index (χ4v) is 19.7. The third-order valence-corrected chi connectivity index (χ3v) is 29.5. The van der Waals surface area contributed by atoms with Gasteiger partial charge in [0, 0.05) is 54.8 Å². The summed E-state index contributed by atoms with van der Waals surface area (Å²) in [5.41, 5.74) is 26.1. The molecule has 0 aliphatic rings. The van der Waals surface area contributed by atoms with Crippen molar-refractivity contribution < 1.29 is 5.11 Å². The van der Waals surface area contributed by atoms with Gasteiger partial charge in [-0.1, -0.05) is 260 Å². The van der Waals surface area contributed by atoms with Crippen LogP contribution in [0.5, 0.6) is 5.75 Å². The van der Waals surface area contributed by atoms with Crippen LogP contribution in [-0.2, 0) is 21.7 Å². The summed E-state index contributed by atoms with van der Waals surface area (Å²) in [6.07, 6.45) is 0. The van der Waals surface area contributed by atoms with Gasteiger partial charge in [0.1, 0.15) is 5.75 Å². The summed E-state index contributed by atoms with van der Waals surface area (Å²) in [5.74, 6) is 0.274. The second-order valence-corrected chi connectivity index (χ2v) is 42.8. The standard InChI is InChI=1S/C26H19Br2I.C25H16BrI3.C25H18I3N.C25H17I3O/c1-18-2-4-19(5-3-18)26(20-6-12-23(27)13-7-20,21-8-14-24(28)15-9-21)22-10-16-25(29)17-11-22;3*26-21-9-1-17(2-10-21)25(18-3-11-22(27)12-4-18,19-5-13-23(28)14-6-19)20-7-15-24(29)16-8-20/h2-17H,1H3;1-16H;1-16H,29H2;1-16,29H. The highest BCUT2D eigenvalue weighted by atomic mass is 127. The largest absolute Gasteiger partial charge is 0.508 e. The monoisotopic (exact) mass is 2820 g/mol. The highest BCUT2D eigenvalue weighted by Gasteiger charge is 2.43. The fourth-order valence-electron chi connectivity index (χ4n) is 15.3. The average Bonchev–Trinajstić information content (AvgIpc) is 0.752. The van der Waals surface area contributed by atoms with Gasteiger partial charge in [-0.2, -0.15) is 0 Å². The molecule has 0 amide bonds. The van der Waals surface area contributed by atoms with Crippen LogP contribution in [0.15, 0.2) is 402 Å². The van der Waals surface area contributed by atoms with Gasteiger partial charge in [-0.15, -0.1) is 0 Å². The molecule has 0 radical (unpaired) electrons. The molecule has 15 heteroatoms.